The molecule has 3 aromatic rings. The lowest BCUT2D eigenvalue weighted by atomic mass is 10.1. The van der Waals surface area contributed by atoms with Crippen LogP contribution in [0.1, 0.15) is 37.4 Å². The number of hydrogen-bond acceptors (Lipinski definition) is 8. The molecule has 35 heavy (non-hydrogen) atoms. The van der Waals surface area contributed by atoms with Crippen LogP contribution in [0.4, 0.5) is 30.8 Å². The van der Waals surface area contributed by atoms with Crippen molar-refractivity contribution in [1.82, 2.24) is 30.0 Å². The van der Waals surface area contributed by atoms with Crippen LogP contribution in [0.15, 0.2) is 18.3 Å². The van der Waals surface area contributed by atoms with Crippen LogP contribution >= 0.6 is 0 Å². The minimum Gasteiger partial charge on any atom is -0.370 e. The molecule has 12 heteroatoms. The van der Waals surface area contributed by atoms with E-state index in [1.807, 2.05) is 32.9 Å². The molecule has 0 aliphatic carbocycles. The molecule has 4 heterocycles. The van der Waals surface area contributed by atoms with E-state index >= 15 is 0 Å². The topological polar surface area (TPSA) is 93.0 Å². The molecule has 1 saturated heterocycles. The van der Waals surface area contributed by atoms with E-state index < -0.39 is 12.8 Å². The number of hydrogen-bond donors (Lipinski definition) is 2. The Bertz CT molecular complexity index is 1120. The third kappa shape index (κ3) is 6.37. The minimum atomic E-state index is -4.38. The number of fused-ring (bicyclic) bond motifs is 1. The summed E-state index contributed by atoms with van der Waals surface area (Å²) < 4.78 is 44.1. The predicted octanol–water partition coefficient (Wildman–Crippen LogP) is 3.78. The van der Waals surface area contributed by atoms with E-state index in [1.165, 1.54) is 0 Å². The fourth-order valence-electron chi connectivity index (χ4n) is 3.92. The average molecular weight is 493 g/mol. The summed E-state index contributed by atoms with van der Waals surface area (Å²) in [6.45, 7) is 8.02. The standard InChI is InChI=1S/C23H31F3N8O/c1-15(2)18-19-20(34(32-18)11-12-35-14-23(24,25)26)21(29-17-6-5-16(3)13-28-17)31-22(30-19)33-9-4-7-27-8-10-33/h5-6,13,15,27H,4,7-12,14H2,1-3H3,(H,28,29,30,31). The van der Waals surface area contributed by atoms with Crippen LogP contribution in [0, 0.1) is 6.92 Å². The Hall–Kier alpha value is -2.99. The van der Waals surface area contributed by atoms with Crippen molar-refractivity contribution < 1.29 is 17.9 Å². The van der Waals surface area contributed by atoms with Crippen LogP contribution in [0.25, 0.3) is 11.0 Å². The molecule has 9 nitrogen and oxygen atoms in total. The van der Waals surface area contributed by atoms with Gasteiger partial charge in [0.15, 0.2) is 5.82 Å². The highest BCUT2D eigenvalue weighted by molar-refractivity contribution is 5.90. The summed E-state index contributed by atoms with van der Waals surface area (Å²) in [6.07, 6.45) is -1.65. The maximum Gasteiger partial charge on any atom is 0.411 e. The molecule has 3 aromatic heterocycles. The second-order valence-electron chi connectivity index (χ2n) is 8.94. The van der Waals surface area contributed by atoms with Gasteiger partial charge in [-0.3, -0.25) is 4.68 Å². The Morgan fingerprint density at radius 3 is 2.71 bits per heavy atom. The molecule has 0 spiro atoms. The van der Waals surface area contributed by atoms with Crippen LogP contribution in [-0.4, -0.2) is 70.3 Å². The number of aromatic nitrogens is 5. The van der Waals surface area contributed by atoms with Crippen molar-refractivity contribution in [2.75, 3.05) is 49.6 Å². The first-order valence-corrected chi connectivity index (χ1v) is 11.8. The second kappa shape index (κ2) is 10.7. The summed E-state index contributed by atoms with van der Waals surface area (Å²) in [7, 11) is 0. The summed E-state index contributed by atoms with van der Waals surface area (Å²) in [5.41, 5.74) is 3.07. The number of nitrogens with zero attached hydrogens (tertiary/aromatic N) is 6. The van der Waals surface area contributed by atoms with E-state index in [4.69, 9.17) is 19.8 Å². The molecule has 190 valence electrons. The molecule has 0 aromatic carbocycles. The van der Waals surface area contributed by atoms with E-state index in [1.54, 1.807) is 10.9 Å². The number of halogens is 3. The van der Waals surface area contributed by atoms with E-state index in [0.29, 0.717) is 28.6 Å². The summed E-state index contributed by atoms with van der Waals surface area (Å²) in [5, 5.41) is 11.4. The first-order valence-electron chi connectivity index (χ1n) is 11.8. The van der Waals surface area contributed by atoms with Crippen LogP contribution in [-0.2, 0) is 11.3 Å². The summed E-state index contributed by atoms with van der Waals surface area (Å²) >= 11 is 0. The molecule has 2 N–H and O–H groups in total. The number of rotatable bonds is 8. The van der Waals surface area contributed by atoms with Gasteiger partial charge in [-0.15, -0.1) is 0 Å². The molecule has 1 fully saturated rings. The van der Waals surface area contributed by atoms with Crippen LogP contribution < -0.4 is 15.5 Å². The minimum absolute atomic E-state index is 0.0498. The molecule has 0 bridgehead atoms. The van der Waals surface area contributed by atoms with Crippen molar-refractivity contribution in [3.63, 3.8) is 0 Å². The van der Waals surface area contributed by atoms with Gasteiger partial charge in [0, 0.05) is 25.8 Å². The van der Waals surface area contributed by atoms with Gasteiger partial charge in [0.05, 0.1) is 18.8 Å². The lowest BCUT2D eigenvalue weighted by Gasteiger charge is -2.21. The molecule has 0 radical (unpaired) electrons. The Labute approximate surface area is 202 Å². The van der Waals surface area contributed by atoms with Gasteiger partial charge in [0.2, 0.25) is 5.95 Å². The van der Waals surface area contributed by atoms with Gasteiger partial charge >= 0.3 is 6.18 Å². The van der Waals surface area contributed by atoms with Gasteiger partial charge in [-0.05, 0) is 37.4 Å². The normalized spacial score (nSPS) is 15.1. The average Bonchev–Trinajstić information content (AvgIpc) is 2.97. The first kappa shape index (κ1) is 25.1. The lowest BCUT2D eigenvalue weighted by molar-refractivity contribution is -0.174. The lowest BCUT2D eigenvalue weighted by Crippen LogP contribution is -2.29. The van der Waals surface area contributed by atoms with Gasteiger partial charge in [-0.1, -0.05) is 19.9 Å². The Morgan fingerprint density at radius 2 is 2.00 bits per heavy atom. The Balaban J connectivity index is 1.76. The molecule has 0 atom stereocenters. The van der Waals surface area contributed by atoms with E-state index in [2.05, 4.69) is 20.5 Å². The quantitative estimate of drug-likeness (QED) is 0.459. The van der Waals surface area contributed by atoms with Crippen molar-refractivity contribution in [3.8, 4) is 0 Å². The highest BCUT2D eigenvalue weighted by Gasteiger charge is 2.28. The van der Waals surface area contributed by atoms with E-state index in [9.17, 15) is 13.2 Å². The highest BCUT2D eigenvalue weighted by atomic mass is 19.4. The van der Waals surface area contributed by atoms with Crippen molar-refractivity contribution in [2.45, 2.75) is 45.8 Å². The molecule has 0 saturated carbocycles. The smallest absolute Gasteiger partial charge is 0.370 e. The van der Waals surface area contributed by atoms with Gasteiger partial charge in [0.1, 0.15) is 23.5 Å². The van der Waals surface area contributed by atoms with Crippen LogP contribution in [0.5, 0.6) is 0 Å². The maximum absolute atomic E-state index is 12.5. The van der Waals surface area contributed by atoms with Crippen LogP contribution in [0.2, 0.25) is 0 Å². The molecule has 0 amide bonds. The SMILES string of the molecule is Cc1ccc(Nc2nc(N3CCCNCC3)nc3c(C(C)C)nn(CCOCC(F)(F)F)c23)nc1. The van der Waals surface area contributed by atoms with Crippen molar-refractivity contribution >= 4 is 28.6 Å². The van der Waals surface area contributed by atoms with Gasteiger partial charge < -0.3 is 20.3 Å². The maximum atomic E-state index is 12.5. The summed E-state index contributed by atoms with van der Waals surface area (Å²) in [5.74, 6) is 1.75. The van der Waals surface area contributed by atoms with Gasteiger partial charge in [-0.2, -0.15) is 23.3 Å². The molecule has 0 unspecified atom stereocenters. The molecule has 4 rings (SSSR count). The Kier molecular flexibility index (Phi) is 7.70. The fourth-order valence-corrected chi connectivity index (χ4v) is 3.92. The third-order valence-corrected chi connectivity index (χ3v) is 5.64. The van der Waals surface area contributed by atoms with Gasteiger partial charge in [0.25, 0.3) is 0 Å². The molecule has 1 aliphatic rings. The second-order valence-corrected chi connectivity index (χ2v) is 8.94. The van der Waals surface area contributed by atoms with Gasteiger partial charge in [-0.25, -0.2) is 9.97 Å². The van der Waals surface area contributed by atoms with Crippen LogP contribution in [0.3, 0.4) is 0 Å². The number of ether oxygens (including phenoxy) is 1. The molecule has 1 aliphatic heterocycles. The number of anilines is 3. The first-order chi connectivity index (χ1) is 16.7. The van der Waals surface area contributed by atoms with E-state index in [-0.39, 0.29) is 19.1 Å². The Morgan fingerprint density at radius 1 is 1.17 bits per heavy atom. The highest BCUT2D eigenvalue weighted by Crippen LogP contribution is 2.31. The van der Waals surface area contributed by atoms with Crippen molar-refractivity contribution in [2.24, 2.45) is 0 Å². The van der Waals surface area contributed by atoms with E-state index in [0.717, 1.165) is 43.9 Å². The van der Waals surface area contributed by atoms with Crippen molar-refractivity contribution in [1.29, 1.82) is 0 Å². The molecular formula is C23H31F3N8O. The zero-order chi connectivity index (χ0) is 25.0. The molecular weight excluding hydrogens is 461 g/mol. The zero-order valence-corrected chi connectivity index (χ0v) is 20.2. The predicted molar refractivity (Wildman–Crippen MR) is 128 cm³/mol. The zero-order valence-electron chi connectivity index (χ0n) is 20.2. The number of alkyl halides is 3. The van der Waals surface area contributed by atoms with Crippen molar-refractivity contribution in [3.05, 3.63) is 29.6 Å². The third-order valence-electron chi connectivity index (χ3n) is 5.64. The monoisotopic (exact) mass is 492 g/mol. The largest absolute Gasteiger partial charge is 0.411 e. The number of aryl methyl sites for hydroxylation is 1. The number of nitrogens with one attached hydrogen (secondary N) is 2. The number of pyridine rings is 1. The summed E-state index contributed by atoms with van der Waals surface area (Å²) in [4.78, 5) is 16.3. The fraction of sp³-hybridized carbons (Fsp3) is 0.565. The summed E-state index contributed by atoms with van der Waals surface area (Å²) in [6, 6.07) is 3.80.